The highest BCUT2D eigenvalue weighted by atomic mass is 35.5. The van der Waals surface area contributed by atoms with Gasteiger partial charge in [-0.15, -0.1) is 0 Å². The van der Waals surface area contributed by atoms with E-state index in [1.54, 1.807) is 0 Å². The van der Waals surface area contributed by atoms with Gasteiger partial charge in [0, 0.05) is 12.3 Å². The van der Waals surface area contributed by atoms with Crippen LogP contribution in [-0.2, 0) is 4.79 Å². The molecule has 148 valence electrons. The van der Waals surface area contributed by atoms with Gasteiger partial charge in [0.15, 0.2) is 0 Å². The van der Waals surface area contributed by atoms with Crippen LogP contribution >= 0.6 is 11.6 Å². The molecule has 0 radical (unpaired) electrons. The minimum absolute atomic E-state index is 0.0812. The normalized spacial score (nSPS) is 20.9. The second-order valence-corrected chi connectivity index (χ2v) is 9.63. The number of hydrogen-bond donors (Lipinski definition) is 1. The zero-order valence-corrected chi connectivity index (χ0v) is 18.2. The number of hydrogen-bond acceptors (Lipinski definition) is 3. The van der Waals surface area contributed by atoms with Crippen LogP contribution in [0, 0.1) is 24.2 Å². The number of aliphatic imine (C=N–C) groups is 1. The lowest BCUT2D eigenvalue weighted by atomic mass is 9.75. The van der Waals surface area contributed by atoms with Gasteiger partial charge in [-0.05, 0) is 59.4 Å². The number of carbonyl (C=O) groups is 1. The number of halogens is 1. The molecule has 0 amide bonds. The number of rotatable bonds is 6. The molecule has 2 N–H and O–H groups in total. The van der Waals surface area contributed by atoms with Crippen molar-refractivity contribution in [2.75, 3.05) is 6.54 Å². The van der Waals surface area contributed by atoms with Crippen LogP contribution < -0.4 is 5.73 Å². The summed E-state index contributed by atoms with van der Waals surface area (Å²) in [7, 11) is 0. The molecule has 1 aliphatic heterocycles. The smallest absolute Gasteiger partial charge is 0.231 e. The van der Waals surface area contributed by atoms with Crippen LogP contribution in [0.5, 0.6) is 0 Å². The van der Waals surface area contributed by atoms with Gasteiger partial charge in [0.2, 0.25) is 5.24 Å². The fourth-order valence-corrected chi connectivity index (χ4v) is 4.05. The Balaban J connectivity index is 2.68. The molecule has 0 bridgehead atoms. The average Bonchev–Trinajstić information content (AvgIpc) is 2.52. The second kappa shape index (κ2) is 8.70. The van der Waals surface area contributed by atoms with E-state index in [1.807, 2.05) is 0 Å². The Morgan fingerprint density at radius 3 is 2.26 bits per heavy atom. The fraction of sp³-hybridized carbons (Fsp3) is 0.565. The Kier molecular flexibility index (Phi) is 7.04. The van der Waals surface area contributed by atoms with Gasteiger partial charge < -0.3 is 5.73 Å². The molecule has 0 aliphatic carbocycles. The van der Waals surface area contributed by atoms with Crippen molar-refractivity contribution in [3.8, 4) is 0 Å². The SMILES string of the molecule is Cc1ccc(C2=C(CN)C(CC(C)(C)C)=NC(CC(C)C)C2C(=O)Cl)cc1. The molecule has 1 aromatic rings. The fourth-order valence-electron chi connectivity index (χ4n) is 3.79. The number of nitrogens with zero attached hydrogens (tertiary/aromatic N) is 1. The van der Waals surface area contributed by atoms with Crippen LogP contribution in [0.2, 0.25) is 0 Å². The predicted molar refractivity (Wildman–Crippen MR) is 116 cm³/mol. The highest BCUT2D eigenvalue weighted by molar-refractivity contribution is 6.65. The Morgan fingerprint density at radius 2 is 1.81 bits per heavy atom. The van der Waals surface area contributed by atoms with E-state index < -0.39 is 5.92 Å². The lowest BCUT2D eigenvalue weighted by Crippen LogP contribution is -2.36. The highest BCUT2D eigenvalue weighted by Gasteiger charge is 2.38. The molecule has 4 heteroatoms. The molecule has 0 spiro atoms. The molecule has 0 aromatic heterocycles. The Labute approximate surface area is 169 Å². The molecule has 2 unspecified atom stereocenters. The van der Waals surface area contributed by atoms with Crippen molar-refractivity contribution in [2.45, 2.75) is 60.4 Å². The number of carbonyl (C=O) groups excluding carboxylic acids is 1. The lowest BCUT2D eigenvalue weighted by Gasteiger charge is -2.35. The molecule has 3 nitrogen and oxygen atoms in total. The van der Waals surface area contributed by atoms with Gasteiger partial charge in [-0.3, -0.25) is 9.79 Å². The van der Waals surface area contributed by atoms with Gasteiger partial charge in [0.05, 0.1) is 12.0 Å². The van der Waals surface area contributed by atoms with E-state index in [9.17, 15) is 4.79 Å². The maximum atomic E-state index is 12.5. The van der Waals surface area contributed by atoms with Crippen molar-refractivity contribution < 1.29 is 4.79 Å². The van der Waals surface area contributed by atoms with Crippen LogP contribution in [0.15, 0.2) is 34.8 Å². The van der Waals surface area contributed by atoms with Gasteiger partial charge in [0.1, 0.15) is 0 Å². The van der Waals surface area contributed by atoms with Crippen LogP contribution in [0.25, 0.3) is 5.57 Å². The highest BCUT2D eigenvalue weighted by Crippen LogP contribution is 2.40. The van der Waals surface area contributed by atoms with E-state index in [-0.39, 0.29) is 16.7 Å². The van der Waals surface area contributed by atoms with Crippen LogP contribution in [0.3, 0.4) is 0 Å². The summed E-state index contributed by atoms with van der Waals surface area (Å²) in [6, 6.07) is 8.13. The average molecular weight is 389 g/mol. The monoisotopic (exact) mass is 388 g/mol. The largest absolute Gasteiger partial charge is 0.326 e. The van der Waals surface area contributed by atoms with Crippen molar-refractivity contribution in [3.05, 3.63) is 41.0 Å². The first-order chi connectivity index (χ1) is 12.5. The molecule has 1 heterocycles. The van der Waals surface area contributed by atoms with Gasteiger partial charge in [0.25, 0.3) is 0 Å². The summed E-state index contributed by atoms with van der Waals surface area (Å²) < 4.78 is 0. The lowest BCUT2D eigenvalue weighted by molar-refractivity contribution is -0.114. The zero-order valence-electron chi connectivity index (χ0n) is 17.5. The van der Waals surface area contributed by atoms with Gasteiger partial charge >= 0.3 is 0 Å². The molecule has 1 aromatic carbocycles. The first kappa shape index (κ1) is 21.8. The van der Waals surface area contributed by atoms with Crippen LogP contribution in [0.4, 0.5) is 0 Å². The van der Waals surface area contributed by atoms with E-state index in [1.165, 1.54) is 5.56 Å². The minimum atomic E-state index is -0.445. The third-order valence-corrected chi connectivity index (χ3v) is 5.15. The van der Waals surface area contributed by atoms with Crippen LogP contribution in [-0.4, -0.2) is 23.5 Å². The number of benzene rings is 1. The van der Waals surface area contributed by atoms with Crippen molar-refractivity contribution in [3.63, 3.8) is 0 Å². The van der Waals surface area contributed by atoms with E-state index in [2.05, 4.69) is 65.8 Å². The quantitative estimate of drug-likeness (QED) is 0.663. The molecular weight excluding hydrogens is 356 g/mol. The predicted octanol–water partition coefficient (Wildman–Crippen LogP) is 5.39. The molecule has 27 heavy (non-hydrogen) atoms. The third-order valence-electron chi connectivity index (χ3n) is 4.91. The number of aryl methyl sites for hydroxylation is 1. The first-order valence-corrected chi connectivity index (χ1v) is 10.2. The standard InChI is InChI=1S/C23H33ClN2O/c1-14(2)11-18-21(22(24)27)20(16-9-7-15(3)8-10-16)17(13-25)19(26-18)12-23(4,5)6/h7-10,14,18,21H,11-13,25H2,1-6H3. The Hall–Kier alpha value is -1.45. The summed E-state index contributed by atoms with van der Waals surface area (Å²) in [5, 5.41) is -0.347. The molecule has 0 saturated carbocycles. The van der Waals surface area contributed by atoms with E-state index in [4.69, 9.17) is 22.3 Å². The molecule has 0 fully saturated rings. The maximum absolute atomic E-state index is 12.5. The summed E-state index contributed by atoms with van der Waals surface area (Å²) in [6.45, 7) is 13.3. The van der Waals surface area contributed by atoms with Crippen molar-refractivity contribution in [1.82, 2.24) is 0 Å². The molecule has 1 aliphatic rings. The van der Waals surface area contributed by atoms with Gasteiger partial charge in [-0.1, -0.05) is 64.4 Å². The first-order valence-electron chi connectivity index (χ1n) is 9.80. The van der Waals surface area contributed by atoms with E-state index >= 15 is 0 Å². The number of nitrogens with two attached hydrogens (primary N) is 1. The van der Waals surface area contributed by atoms with Gasteiger partial charge in [-0.2, -0.15) is 0 Å². The number of dihydropyridines is 1. The molecule has 2 rings (SSSR count). The zero-order chi connectivity index (χ0) is 20.4. The summed E-state index contributed by atoms with van der Waals surface area (Å²) in [5.41, 5.74) is 11.4. The Bertz CT molecular complexity index is 739. The molecular formula is C23H33ClN2O. The van der Waals surface area contributed by atoms with E-state index in [0.717, 1.165) is 35.3 Å². The van der Waals surface area contributed by atoms with Gasteiger partial charge in [-0.25, -0.2) is 0 Å². The summed E-state index contributed by atoms with van der Waals surface area (Å²) in [4.78, 5) is 17.5. The Morgan fingerprint density at radius 1 is 1.22 bits per heavy atom. The molecule has 2 atom stereocenters. The third kappa shape index (κ3) is 5.52. The minimum Gasteiger partial charge on any atom is -0.326 e. The summed E-state index contributed by atoms with van der Waals surface area (Å²) in [5.74, 6) is -0.0223. The van der Waals surface area contributed by atoms with Crippen LogP contribution in [0.1, 0.15) is 58.6 Å². The van der Waals surface area contributed by atoms with Crippen molar-refractivity contribution >= 4 is 28.1 Å². The van der Waals surface area contributed by atoms with Crippen molar-refractivity contribution in [2.24, 2.45) is 28.0 Å². The van der Waals surface area contributed by atoms with Crippen molar-refractivity contribution in [1.29, 1.82) is 0 Å². The van der Waals surface area contributed by atoms with E-state index in [0.29, 0.717) is 12.5 Å². The topological polar surface area (TPSA) is 55.4 Å². The summed E-state index contributed by atoms with van der Waals surface area (Å²) >= 11 is 6.13. The second-order valence-electron chi connectivity index (χ2n) is 9.25. The maximum Gasteiger partial charge on any atom is 0.231 e. The molecule has 0 saturated heterocycles. The summed E-state index contributed by atoms with van der Waals surface area (Å²) in [6.07, 6.45) is 1.65.